The average Bonchev–Trinajstić information content (AvgIpc) is 3.23. The molecule has 2 aromatic carbocycles. The van der Waals surface area contributed by atoms with Crippen molar-refractivity contribution in [3.05, 3.63) is 59.1 Å². The highest BCUT2D eigenvalue weighted by atomic mass is 32.1. The summed E-state index contributed by atoms with van der Waals surface area (Å²) in [7, 11) is 4.45. The molecule has 8 heteroatoms. The third kappa shape index (κ3) is 4.12. The molecular formula is C20H18N2O5S. The first-order chi connectivity index (χ1) is 13.5. The van der Waals surface area contributed by atoms with E-state index in [2.05, 4.69) is 15.0 Å². The van der Waals surface area contributed by atoms with Crippen molar-refractivity contribution in [1.29, 1.82) is 0 Å². The molecule has 0 atom stereocenters. The van der Waals surface area contributed by atoms with Gasteiger partial charge in [0, 0.05) is 16.6 Å². The Morgan fingerprint density at radius 3 is 2.32 bits per heavy atom. The standard InChI is InChI=1S/C20H18N2O5S/c1-25-16-9-6-13(10-17(16)26-2)19-22-15(11-28-19)18(23)21-14-7-4-12(5-8-14)20(24)27-3/h4-11H,1-3H3,(H,21,23). The second-order valence-electron chi connectivity index (χ2n) is 5.63. The summed E-state index contributed by atoms with van der Waals surface area (Å²) in [6, 6.07) is 11.9. The number of esters is 1. The molecule has 0 fully saturated rings. The molecule has 3 rings (SSSR count). The lowest BCUT2D eigenvalue weighted by Crippen LogP contribution is -2.12. The van der Waals surface area contributed by atoms with Crippen LogP contribution in [0.3, 0.4) is 0 Å². The zero-order valence-electron chi connectivity index (χ0n) is 15.5. The van der Waals surface area contributed by atoms with Gasteiger partial charge in [-0.15, -0.1) is 11.3 Å². The quantitative estimate of drug-likeness (QED) is 0.635. The maximum atomic E-state index is 12.5. The van der Waals surface area contributed by atoms with E-state index < -0.39 is 5.97 Å². The van der Waals surface area contributed by atoms with Crippen LogP contribution in [0.25, 0.3) is 10.6 Å². The van der Waals surface area contributed by atoms with Gasteiger partial charge in [0.05, 0.1) is 26.9 Å². The van der Waals surface area contributed by atoms with Crippen LogP contribution in [0, 0.1) is 0 Å². The first kappa shape index (κ1) is 19.4. The highest BCUT2D eigenvalue weighted by molar-refractivity contribution is 7.13. The van der Waals surface area contributed by atoms with Crippen LogP contribution in [0.15, 0.2) is 47.8 Å². The van der Waals surface area contributed by atoms with Crippen LogP contribution in [0.4, 0.5) is 5.69 Å². The lowest BCUT2D eigenvalue weighted by Gasteiger charge is -2.08. The van der Waals surface area contributed by atoms with Gasteiger partial charge in [-0.2, -0.15) is 0 Å². The molecule has 1 amide bonds. The Morgan fingerprint density at radius 1 is 0.964 bits per heavy atom. The number of thiazole rings is 1. The van der Waals surface area contributed by atoms with E-state index in [0.717, 1.165) is 5.56 Å². The molecule has 0 aliphatic carbocycles. The summed E-state index contributed by atoms with van der Waals surface area (Å²) in [6.07, 6.45) is 0. The molecule has 1 aromatic heterocycles. The Bertz CT molecular complexity index is 998. The van der Waals surface area contributed by atoms with Crippen molar-refractivity contribution in [1.82, 2.24) is 4.98 Å². The van der Waals surface area contributed by atoms with Gasteiger partial charge in [-0.25, -0.2) is 9.78 Å². The van der Waals surface area contributed by atoms with Gasteiger partial charge in [0.15, 0.2) is 11.5 Å². The molecule has 0 spiro atoms. The molecule has 28 heavy (non-hydrogen) atoms. The van der Waals surface area contributed by atoms with E-state index in [9.17, 15) is 9.59 Å². The molecule has 0 aliphatic heterocycles. The number of nitrogens with one attached hydrogen (secondary N) is 1. The number of carbonyl (C=O) groups excluding carboxylic acids is 2. The van der Waals surface area contributed by atoms with E-state index in [-0.39, 0.29) is 5.91 Å². The third-order valence-corrected chi connectivity index (χ3v) is 4.82. The van der Waals surface area contributed by atoms with E-state index in [0.29, 0.717) is 33.5 Å². The van der Waals surface area contributed by atoms with Crippen LogP contribution in [-0.4, -0.2) is 38.2 Å². The Hall–Kier alpha value is -3.39. The van der Waals surface area contributed by atoms with Gasteiger partial charge in [0.2, 0.25) is 0 Å². The van der Waals surface area contributed by atoms with Crippen LogP contribution in [0.1, 0.15) is 20.8 Å². The average molecular weight is 398 g/mol. The van der Waals surface area contributed by atoms with Gasteiger partial charge in [0.25, 0.3) is 5.91 Å². The Morgan fingerprint density at radius 2 is 1.68 bits per heavy atom. The topological polar surface area (TPSA) is 86.8 Å². The minimum atomic E-state index is -0.433. The van der Waals surface area contributed by atoms with Crippen molar-refractivity contribution in [2.75, 3.05) is 26.6 Å². The molecule has 1 heterocycles. The first-order valence-electron chi connectivity index (χ1n) is 8.23. The summed E-state index contributed by atoms with van der Waals surface area (Å²) in [5, 5.41) is 5.13. The van der Waals surface area contributed by atoms with Gasteiger partial charge in [-0.1, -0.05) is 0 Å². The van der Waals surface area contributed by atoms with Gasteiger partial charge in [-0.05, 0) is 42.5 Å². The maximum absolute atomic E-state index is 12.5. The predicted octanol–water partition coefficient (Wildman–Crippen LogP) is 3.87. The fraction of sp³-hybridized carbons (Fsp3) is 0.150. The molecule has 0 saturated carbocycles. The highest BCUT2D eigenvalue weighted by Gasteiger charge is 2.14. The highest BCUT2D eigenvalue weighted by Crippen LogP contribution is 2.33. The number of methoxy groups -OCH3 is 3. The summed E-state index contributed by atoms with van der Waals surface area (Å²) in [5.41, 5.74) is 2.08. The fourth-order valence-electron chi connectivity index (χ4n) is 2.48. The number of hydrogen-bond donors (Lipinski definition) is 1. The SMILES string of the molecule is COC(=O)c1ccc(NC(=O)c2csc(-c3ccc(OC)c(OC)c3)n2)cc1. The molecule has 144 valence electrons. The third-order valence-electron chi connectivity index (χ3n) is 3.93. The lowest BCUT2D eigenvalue weighted by molar-refractivity contribution is 0.0600. The number of rotatable bonds is 6. The minimum Gasteiger partial charge on any atom is -0.493 e. The van der Waals surface area contributed by atoms with Crippen molar-refractivity contribution in [3.63, 3.8) is 0 Å². The number of ether oxygens (including phenoxy) is 3. The van der Waals surface area contributed by atoms with Gasteiger partial charge >= 0.3 is 5.97 Å². The van der Waals surface area contributed by atoms with Crippen LogP contribution in [0.2, 0.25) is 0 Å². The number of benzene rings is 2. The number of anilines is 1. The second kappa shape index (κ2) is 8.53. The summed E-state index contributed by atoms with van der Waals surface area (Å²) in [4.78, 5) is 28.3. The number of hydrogen-bond acceptors (Lipinski definition) is 7. The largest absolute Gasteiger partial charge is 0.493 e. The molecule has 0 bridgehead atoms. The van der Waals surface area contributed by atoms with Crippen molar-refractivity contribution in [2.24, 2.45) is 0 Å². The van der Waals surface area contributed by atoms with Gasteiger partial charge in [-0.3, -0.25) is 4.79 Å². The molecule has 0 radical (unpaired) electrons. The van der Waals surface area contributed by atoms with Crippen LogP contribution in [-0.2, 0) is 4.74 Å². The van der Waals surface area contributed by atoms with Crippen LogP contribution in [0.5, 0.6) is 11.5 Å². The van der Waals surface area contributed by atoms with E-state index >= 15 is 0 Å². The van der Waals surface area contributed by atoms with E-state index in [4.69, 9.17) is 9.47 Å². The number of amides is 1. The molecule has 0 saturated heterocycles. The number of carbonyl (C=O) groups is 2. The second-order valence-corrected chi connectivity index (χ2v) is 6.49. The number of aromatic nitrogens is 1. The van der Waals surface area contributed by atoms with E-state index in [1.54, 1.807) is 49.9 Å². The molecular weight excluding hydrogens is 380 g/mol. The normalized spacial score (nSPS) is 10.2. The Balaban J connectivity index is 1.74. The van der Waals surface area contributed by atoms with E-state index in [1.807, 2.05) is 12.1 Å². The maximum Gasteiger partial charge on any atom is 0.337 e. The summed E-state index contributed by atoms with van der Waals surface area (Å²) >= 11 is 1.35. The zero-order valence-corrected chi connectivity index (χ0v) is 16.3. The molecule has 1 N–H and O–H groups in total. The molecule has 0 aliphatic rings. The first-order valence-corrected chi connectivity index (χ1v) is 9.11. The van der Waals surface area contributed by atoms with Gasteiger partial charge < -0.3 is 19.5 Å². The minimum absolute atomic E-state index is 0.298. The summed E-state index contributed by atoms with van der Waals surface area (Å²) in [6.45, 7) is 0. The van der Waals surface area contributed by atoms with Crippen LogP contribution >= 0.6 is 11.3 Å². The van der Waals surface area contributed by atoms with Crippen molar-refractivity contribution in [2.45, 2.75) is 0 Å². The van der Waals surface area contributed by atoms with Gasteiger partial charge in [0.1, 0.15) is 10.7 Å². The number of nitrogens with zero attached hydrogens (tertiary/aromatic N) is 1. The zero-order chi connectivity index (χ0) is 20.1. The Labute approximate surface area is 165 Å². The summed E-state index contributed by atoms with van der Waals surface area (Å²) in [5.74, 6) is 0.439. The smallest absolute Gasteiger partial charge is 0.337 e. The van der Waals surface area contributed by atoms with E-state index in [1.165, 1.54) is 18.4 Å². The van der Waals surface area contributed by atoms with Crippen molar-refractivity contribution >= 4 is 28.9 Å². The Kier molecular flexibility index (Phi) is 5.90. The molecule has 7 nitrogen and oxygen atoms in total. The fourth-order valence-corrected chi connectivity index (χ4v) is 3.28. The molecule has 0 unspecified atom stereocenters. The van der Waals surface area contributed by atoms with Crippen molar-refractivity contribution < 1.29 is 23.8 Å². The lowest BCUT2D eigenvalue weighted by atomic mass is 10.2. The summed E-state index contributed by atoms with van der Waals surface area (Å²) < 4.78 is 15.2. The van der Waals surface area contributed by atoms with Crippen molar-refractivity contribution in [3.8, 4) is 22.1 Å². The predicted molar refractivity (Wildman–Crippen MR) is 106 cm³/mol. The van der Waals surface area contributed by atoms with Crippen LogP contribution < -0.4 is 14.8 Å². The molecule has 3 aromatic rings. The monoisotopic (exact) mass is 398 g/mol.